The Bertz CT molecular complexity index is 649. The molecule has 0 aromatic heterocycles. The lowest BCUT2D eigenvalue weighted by molar-refractivity contribution is 0.592. The van der Waals surface area contributed by atoms with Crippen molar-refractivity contribution in [3.63, 3.8) is 0 Å². The van der Waals surface area contributed by atoms with Crippen molar-refractivity contribution in [3.8, 4) is 11.1 Å². The molecule has 1 N–H and O–H groups in total. The van der Waals surface area contributed by atoms with E-state index in [-0.39, 0.29) is 11.5 Å². The molecule has 0 atom stereocenters. The van der Waals surface area contributed by atoms with E-state index in [4.69, 9.17) is 0 Å². The van der Waals surface area contributed by atoms with Gasteiger partial charge in [0.1, 0.15) is 0 Å². The molecule has 0 heterocycles. The Hall–Kier alpha value is -1.65. The minimum Gasteiger partial charge on any atom is -0.312 e. The number of sulfone groups is 1. The summed E-state index contributed by atoms with van der Waals surface area (Å²) in [6.07, 6.45) is 0. The third-order valence-corrected chi connectivity index (χ3v) is 5.13. The Kier molecular flexibility index (Phi) is 5.53. The first-order valence-electron chi connectivity index (χ1n) is 7.16. The molecule has 21 heavy (non-hydrogen) atoms. The average Bonchev–Trinajstić information content (AvgIpc) is 2.53. The highest BCUT2D eigenvalue weighted by Crippen LogP contribution is 2.19. The maximum atomic E-state index is 11.4. The first kappa shape index (κ1) is 15.7. The highest BCUT2D eigenvalue weighted by molar-refractivity contribution is 7.91. The fraction of sp³-hybridized carbons (Fsp3) is 0.294. The van der Waals surface area contributed by atoms with Gasteiger partial charge in [0.2, 0.25) is 0 Å². The second kappa shape index (κ2) is 7.38. The van der Waals surface area contributed by atoms with Gasteiger partial charge in [-0.25, -0.2) is 8.42 Å². The molecule has 0 spiro atoms. The Morgan fingerprint density at radius 2 is 1.52 bits per heavy atom. The molecule has 0 aliphatic rings. The second-order valence-electron chi connectivity index (χ2n) is 4.98. The van der Waals surface area contributed by atoms with E-state index in [2.05, 4.69) is 41.7 Å². The van der Waals surface area contributed by atoms with Gasteiger partial charge in [0.05, 0.1) is 5.75 Å². The molecule has 2 aromatic carbocycles. The summed E-state index contributed by atoms with van der Waals surface area (Å²) in [5.74, 6) is 0.409. The van der Waals surface area contributed by atoms with Crippen molar-refractivity contribution in [2.24, 2.45) is 0 Å². The highest BCUT2D eigenvalue weighted by atomic mass is 32.2. The summed E-state index contributed by atoms with van der Waals surface area (Å²) in [7, 11) is -2.88. The molecule has 0 fully saturated rings. The molecule has 0 saturated carbocycles. The van der Waals surface area contributed by atoms with E-state index in [1.807, 2.05) is 18.2 Å². The van der Waals surface area contributed by atoms with Crippen LogP contribution in [0.15, 0.2) is 54.6 Å². The molecule has 2 aromatic rings. The summed E-state index contributed by atoms with van der Waals surface area (Å²) >= 11 is 0. The number of rotatable bonds is 7. The standard InChI is InChI=1S/C17H21NO2S/c1-2-21(19,20)13-12-18-14-15-8-10-17(11-9-15)16-6-4-3-5-7-16/h3-11,18H,2,12-14H2,1H3. The molecule has 0 amide bonds. The SMILES string of the molecule is CCS(=O)(=O)CCNCc1ccc(-c2ccccc2)cc1. The summed E-state index contributed by atoms with van der Waals surface area (Å²) in [5.41, 5.74) is 3.54. The fourth-order valence-electron chi connectivity index (χ4n) is 2.05. The number of nitrogens with one attached hydrogen (secondary N) is 1. The van der Waals surface area contributed by atoms with Crippen molar-refractivity contribution >= 4 is 9.84 Å². The molecular weight excluding hydrogens is 282 g/mol. The zero-order chi connectivity index (χ0) is 15.1. The number of benzene rings is 2. The van der Waals surface area contributed by atoms with Crippen LogP contribution in [0.4, 0.5) is 0 Å². The van der Waals surface area contributed by atoms with E-state index in [9.17, 15) is 8.42 Å². The number of hydrogen-bond acceptors (Lipinski definition) is 3. The summed E-state index contributed by atoms with van der Waals surface area (Å²) < 4.78 is 22.7. The van der Waals surface area contributed by atoms with Gasteiger partial charge >= 0.3 is 0 Å². The van der Waals surface area contributed by atoms with Crippen LogP contribution in [0.3, 0.4) is 0 Å². The van der Waals surface area contributed by atoms with Gasteiger partial charge < -0.3 is 5.32 Å². The zero-order valence-electron chi connectivity index (χ0n) is 12.2. The van der Waals surface area contributed by atoms with E-state index in [0.717, 1.165) is 5.56 Å². The van der Waals surface area contributed by atoms with Crippen LogP contribution in [0.25, 0.3) is 11.1 Å². The van der Waals surface area contributed by atoms with Crippen molar-refractivity contribution in [1.29, 1.82) is 0 Å². The lowest BCUT2D eigenvalue weighted by atomic mass is 10.0. The molecule has 3 nitrogen and oxygen atoms in total. The highest BCUT2D eigenvalue weighted by Gasteiger charge is 2.05. The Labute approximate surface area is 126 Å². The quantitative estimate of drug-likeness (QED) is 0.800. The molecular formula is C17H21NO2S. The van der Waals surface area contributed by atoms with Gasteiger partial charge in [0.25, 0.3) is 0 Å². The summed E-state index contributed by atoms with van der Waals surface area (Å²) in [4.78, 5) is 0. The predicted molar refractivity (Wildman–Crippen MR) is 87.9 cm³/mol. The van der Waals surface area contributed by atoms with Gasteiger partial charge in [-0.3, -0.25) is 0 Å². The molecule has 4 heteroatoms. The van der Waals surface area contributed by atoms with Crippen molar-refractivity contribution in [2.75, 3.05) is 18.1 Å². The smallest absolute Gasteiger partial charge is 0.151 e. The summed E-state index contributed by atoms with van der Waals surface area (Å²) in [5, 5.41) is 3.17. The van der Waals surface area contributed by atoms with Crippen LogP contribution < -0.4 is 5.32 Å². The van der Waals surface area contributed by atoms with Crippen LogP contribution in [0.5, 0.6) is 0 Å². The largest absolute Gasteiger partial charge is 0.312 e. The normalized spacial score (nSPS) is 11.5. The van der Waals surface area contributed by atoms with E-state index >= 15 is 0 Å². The third kappa shape index (κ3) is 4.99. The number of hydrogen-bond donors (Lipinski definition) is 1. The first-order valence-corrected chi connectivity index (χ1v) is 8.98. The van der Waals surface area contributed by atoms with Crippen LogP contribution >= 0.6 is 0 Å². The molecule has 0 aliphatic carbocycles. The van der Waals surface area contributed by atoms with Crippen LogP contribution in [-0.2, 0) is 16.4 Å². The van der Waals surface area contributed by atoms with Crippen LogP contribution in [0.1, 0.15) is 12.5 Å². The summed E-state index contributed by atoms with van der Waals surface area (Å²) in [6, 6.07) is 18.6. The van der Waals surface area contributed by atoms with Gasteiger partial charge in [-0.05, 0) is 16.7 Å². The second-order valence-corrected chi connectivity index (χ2v) is 7.45. The molecule has 0 saturated heterocycles. The Morgan fingerprint density at radius 1 is 0.905 bits per heavy atom. The first-order chi connectivity index (χ1) is 10.1. The average molecular weight is 303 g/mol. The monoisotopic (exact) mass is 303 g/mol. The van der Waals surface area contributed by atoms with E-state index in [1.54, 1.807) is 6.92 Å². The van der Waals surface area contributed by atoms with Gasteiger partial charge in [0.15, 0.2) is 9.84 Å². The topological polar surface area (TPSA) is 46.2 Å². The fourth-order valence-corrected chi connectivity index (χ4v) is 2.79. The Morgan fingerprint density at radius 3 is 2.14 bits per heavy atom. The minimum atomic E-state index is -2.88. The van der Waals surface area contributed by atoms with Crippen molar-refractivity contribution in [1.82, 2.24) is 5.32 Å². The molecule has 0 aliphatic heterocycles. The molecule has 2 rings (SSSR count). The van der Waals surface area contributed by atoms with Crippen molar-refractivity contribution in [2.45, 2.75) is 13.5 Å². The lowest BCUT2D eigenvalue weighted by Crippen LogP contribution is -2.23. The predicted octanol–water partition coefficient (Wildman–Crippen LogP) is 2.88. The van der Waals surface area contributed by atoms with Crippen LogP contribution in [0.2, 0.25) is 0 Å². The molecule has 112 valence electrons. The van der Waals surface area contributed by atoms with Gasteiger partial charge in [-0.15, -0.1) is 0 Å². The Balaban J connectivity index is 1.86. The van der Waals surface area contributed by atoms with Crippen LogP contribution in [0, 0.1) is 0 Å². The van der Waals surface area contributed by atoms with Gasteiger partial charge in [-0.1, -0.05) is 61.5 Å². The van der Waals surface area contributed by atoms with Gasteiger partial charge in [0, 0.05) is 18.8 Å². The summed E-state index contributed by atoms with van der Waals surface area (Å²) in [6.45, 7) is 2.86. The van der Waals surface area contributed by atoms with Crippen molar-refractivity contribution in [3.05, 3.63) is 60.2 Å². The van der Waals surface area contributed by atoms with Crippen LogP contribution in [-0.4, -0.2) is 26.5 Å². The maximum absolute atomic E-state index is 11.4. The van der Waals surface area contributed by atoms with E-state index in [1.165, 1.54) is 11.1 Å². The third-order valence-electron chi connectivity index (χ3n) is 3.42. The maximum Gasteiger partial charge on any atom is 0.151 e. The van der Waals surface area contributed by atoms with E-state index < -0.39 is 9.84 Å². The zero-order valence-corrected chi connectivity index (χ0v) is 13.1. The molecule has 0 radical (unpaired) electrons. The van der Waals surface area contributed by atoms with Gasteiger partial charge in [-0.2, -0.15) is 0 Å². The van der Waals surface area contributed by atoms with Crippen molar-refractivity contribution < 1.29 is 8.42 Å². The molecule has 0 unspecified atom stereocenters. The molecule has 0 bridgehead atoms. The van der Waals surface area contributed by atoms with E-state index in [0.29, 0.717) is 13.1 Å². The minimum absolute atomic E-state index is 0.200. The lowest BCUT2D eigenvalue weighted by Gasteiger charge is -2.07.